The summed E-state index contributed by atoms with van der Waals surface area (Å²) in [4.78, 5) is 18.3. The van der Waals surface area contributed by atoms with Gasteiger partial charge >= 0.3 is 0 Å². The van der Waals surface area contributed by atoms with Crippen molar-refractivity contribution in [1.82, 2.24) is 4.98 Å². The molecule has 1 N–H and O–H groups in total. The van der Waals surface area contributed by atoms with Gasteiger partial charge in [-0.3, -0.25) is 4.79 Å². The monoisotopic (exact) mass is 334 g/mol. The molecule has 128 valence electrons. The molecule has 2 heterocycles. The Morgan fingerprint density at radius 2 is 2.00 bits per heavy atom. The molecule has 0 saturated heterocycles. The van der Waals surface area contributed by atoms with Crippen LogP contribution in [-0.4, -0.2) is 24.1 Å². The lowest BCUT2D eigenvalue weighted by Crippen LogP contribution is -2.32. The van der Waals surface area contributed by atoms with Gasteiger partial charge in [0, 0.05) is 35.0 Å². The molecule has 1 aromatic heterocycles. The van der Waals surface area contributed by atoms with Gasteiger partial charge < -0.3 is 14.6 Å². The van der Waals surface area contributed by atoms with Gasteiger partial charge in [0.1, 0.15) is 0 Å². The highest BCUT2D eigenvalue weighted by Gasteiger charge is 2.35. The Morgan fingerprint density at radius 1 is 1.20 bits per heavy atom. The predicted molar refractivity (Wildman–Crippen MR) is 99.8 cm³/mol. The van der Waals surface area contributed by atoms with E-state index in [4.69, 9.17) is 4.74 Å². The van der Waals surface area contributed by atoms with Crippen LogP contribution in [0.4, 0.5) is 5.69 Å². The first-order chi connectivity index (χ1) is 12.3. The standard InChI is InChI=1S/C21H22N2O2/c1-2-25-12-11-21(24)23-19-10-6-3-7-15(19)13-20(23)17-14-22-18-9-5-4-8-16(17)18/h3-10,14,20,22H,2,11-13H2,1H3/t20-/m1/s1. The molecule has 2 aromatic carbocycles. The fourth-order valence-electron chi connectivity index (χ4n) is 3.74. The van der Waals surface area contributed by atoms with Crippen LogP contribution in [0.3, 0.4) is 0 Å². The zero-order chi connectivity index (χ0) is 17.2. The third-order valence-corrected chi connectivity index (χ3v) is 4.89. The smallest absolute Gasteiger partial charge is 0.229 e. The molecule has 1 atom stereocenters. The summed E-state index contributed by atoms with van der Waals surface area (Å²) in [5, 5.41) is 1.18. The average Bonchev–Trinajstić information content (AvgIpc) is 3.23. The first-order valence-electron chi connectivity index (χ1n) is 8.83. The molecule has 0 aliphatic carbocycles. The van der Waals surface area contributed by atoms with Crippen LogP contribution in [0.25, 0.3) is 10.9 Å². The van der Waals surface area contributed by atoms with Crippen molar-refractivity contribution >= 4 is 22.5 Å². The zero-order valence-electron chi connectivity index (χ0n) is 14.4. The van der Waals surface area contributed by atoms with Crippen LogP contribution < -0.4 is 4.90 Å². The van der Waals surface area contributed by atoms with Crippen molar-refractivity contribution in [3.05, 3.63) is 65.9 Å². The maximum absolute atomic E-state index is 13.0. The number of aromatic nitrogens is 1. The first-order valence-corrected chi connectivity index (χ1v) is 8.83. The van der Waals surface area contributed by atoms with Crippen molar-refractivity contribution in [2.75, 3.05) is 18.1 Å². The van der Waals surface area contributed by atoms with Crippen molar-refractivity contribution in [2.24, 2.45) is 0 Å². The number of ether oxygens (including phenoxy) is 1. The Morgan fingerprint density at radius 3 is 2.88 bits per heavy atom. The van der Waals surface area contributed by atoms with E-state index in [1.165, 1.54) is 16.5 Å². The Bertz CT molecular complexity index is 900. The summed E-state index contributed by atoms with van der Waals surface area (Å²) in [5.74, 6) is 0.119. The number of para-hydroxylation sites is 2. The van der Waals surface area contributed by atoms with E-state index in [-0.39, 0.29) is 11.9 Å². The highest BCUT2D eigenvalue weighted by Crippen LogP contribution is 2.42. The number of benzene rings is 2. The molecule has 4 rings (SSSR count). The van der Waals surface area contributed by atoms with E-state index in [2.05, 4.69) is 23.2 Å². The van der Waals surface area contributed by atoms with Crippen LogP contribution in [0.1, 0.15) is 30.5 Å². The van der Waals surface area contributed by atoms with Gasteiger partial charge in [-0.25, -0.2) is 0 Å². The number of H-pyrrole nitrogens is 1. The van der Waals surface area contributed by atoms with Crippen LogP contribution in [0.15, 0.2) is 54.7 Å². The van der Waals surface area contributed by atoms with E-state index < -0.39 is 0 Å². The molecule has 25 heavy (non-hydrogen) atoms. The second-order valence-corrected chi connectivity index (χ2v) is 6.35. The van der Waals surface area contributed by atoms with E-state index in [0.29, 0.717) is 19.6 Å². The molecule has 4 nitrogen and oxygen atoms in total. The second kappa shape index (κ2) is 6.73. The topological polar surface area (TPSA) is 45.3 Å². The number of rotatable bonds is 5. The number of carbonyl (C=O) groups is 1. The molecule has 0 unspecified atom stereocenters. The summed E-state index contributed by atoms with van der Waals surface area (Å²) < 4.78 is 5.39. The Hall–Kier alpha value is -2.59. The second-order valence-electron chi connectivity index (χ2n) is 6.35. The van der Waals surface area contributed by atoms with Gasteiger partial charge in [0.25, 0.3) is 0 Å². The average molecular weight is 334 g/mol. The van der Waals surface area contributed by atoms with Crippen molar-refractivity contribution in [3.63, 3.8) is 0 Å². The molecule has 1 amide bonds. The fourth-order valence-corrected chi connectivity index (χ4v) is 3.74. The quantitative estimate of drug-likeness (QED) is 0.710. The molecule has 1 aliphatic rings. The largest absolute Gasteiger partial charge is 0.381 e. The van der Waals surface area contributed by atoms with Crippen molar-refractivity contribution in [3.8, 4) is 0 Å². The summed E-state index contributed by atoms with van der Waals surface area (Å²) in [6, 6.07) is 16.5. The normalized spacial score (nSPS) is 16.4. The highest BCUT2D eigenvalue weighted by molar-refractivity contribution is 5.98. The van der Waals surface area contributed by atoms with Gasteiger partial charge in [-0.1, -0.05) is 36.4 Å². The summed E-state index contributed by atoms with van der Waals surface area (Å²) in [5.41, 5.74) is 4.54. The van der Waals surface area contributed by atoms with Gasteiger partial charge in [-0.05, 0) is 31.0 Å². The third-order valence-electron chi connectivity index (χ3n) is 4.89. The summed E-state index contributed by atoms with van der Waals surface area (Å²) in [6.45, 7) is 3.05. The lowest BCUT2D eigenvalue weighted by atomic mass is 10.0. The van der Waals surface area contributed by atoms with Gasteiger partial charge in [-0.15, -0.1) is 0 Å². The molecule has 0 fully saturated rings. The van der Waals surface area contributed by atoms with Gasteiger partial charge in [0.15, 0.2) is 0 Å². The summed E-state index contributed by atoms with van der Waals surface area (Å²) >= 11 is 0. The molecular formula is C21H22N2O2. The number of fused-ring (bicyclic) bond motifs is 2. The van der Waals surface area contributed by atoms with E-state index in [1.54, 1.807) is 0 Å². The Kier molecular flexibility index (Phi) is 4.28. The van der Waals surface area contributed by atoms with Crippen LogP contribution in [0.5, 0.6) is 0 Å². The number of aromatic amines is 1. The zero-order valence-corrected chi connectivity index (χ0v) is 14.4. The molecule has 0 spiro atoms. The molecule has 3 aromatic rings. The van der Waals surface area contributed by atoms with Crippen LogP contribution in [0.2, 0.25) is 0 Å². The van der Waals surface area contributed by atoms with Gasteiger partial charge in [-0.2, -0.15) is 0 Å². The summed E-state index contributed by atoms with van der Waals surface area (Å²) in [7, 11) is 0. The first kappa shape index (κ1) is 15.9. The molecule has 0 saturated carbocycles. The number of anilines is 1. The van der Waals surface area contributed by atoms with Gasteiger partial charge in [0.05, 0.1) is 19.1 Å². The van der Waals surface area contributed by atoms with E-state index >= 15 is 0 Å². The molecular weight excluding hydrogens is 312 g/mol. The predicted octanol–water partition coefficient (Wildman–Crippen LogP) is 4.22. The third kappa shape index (κ3) is 2.83. The van der Waals surface area contributed by atoms with Crippen molar-refractivity contribution in [2.45, 2.75) is 25.8 Å². The summed E-state index contributed by atoms with van der Waals surface area (Å²) in [6.07, 6.45) is 3.30. The van der Waals surface area contributed by atoms with E-state index in [9.17, 15) is 4.79 Å². The Labute approximate surface area is 147 Å². The number of carbonyl (C=O) groups excluding carboxylic acids is 1. The maximum atomic E-state index is 13.0. The molecule has 4 heteroatoms. The van der Waals surface area contributed by atoms with Crippen LogP contribution in [-0.2, 0) is 16.0 Å². The van der Waals surface area contributed by atoms with E-state index in [0.717, 1.165) is 17.6 Å². The minimum atomic E-state index is 0.0303. The van der Waals surface area contributed by atoms with Gasteiger partial charge in [0.2, 0.25) is 5.91 Å². The van der Waals surface area contributed by atoms with Crippen LogP contribution in [0, 0.1) is 0 Å². The SMILES string of the molecule is CCOCCC(=O)N1c2ccccc2C[C@@H]1c1c[nH]c2ccccc12. The molecule has 0 bridgehead atoms. The molecule has 1 aliphatic heterocycles. The number of nitrogens with zero attached hydrogens (tertiary/aromatic N) is 1. The number of nitrogens with one attached hydrogen (secondary N) is 1. The van der Waals surface area contributed by atoms with Crippen molar-refractivity contribution < 1.29 is 9.53 Å². The van der Waals surface area contributed by atoms with Crippen molar-refractivity contribution in [1.29, 1.82) is 0 Å². The molecule has 0 radical (unpaired) electrons. The maximum Gasteiger partial charge on any atom is 0.229 e. The number of hydrogen-bond acceptors (Lipinski definition) is 2. The lowest BCUT2D eigenvalue weighted by Gasteiger charge is -2.25. The number of hydrogen-bond donors (Lipinski definition) is 1. The van der Waals surface area contributed by atoms with E-state index in [1.807, 2.05) is 48.4 Å². The fraction of sp³-hybridized carbons (Fsp3) is 0.286. The minimum Gasteiger partial charge on any atom is -0.381 e. The minimum absolute atomic E-state index is 0.0303. The number of amides is 1. The Balaban J connectivity index is 1.72. The lowest BCUT2D eigenvalue weighted by molar-refractivity contribution is -0.120. The highest BCUT2D eigenvalue weighted by atomic mass is 16.5. The van der Waals surface area contributed by atoms with Crippen LogP contribution >= 0.6 is 0 Å².